The Balaban J connectivity index is 1.66. The largest absolute Gasteiger partial charge is 0.345 e. The molecule has 152 valence electrons. The minimum atomic E-state index is -0.135. The molecule has 4 rings (SSSR count). The topological polar surface area (TPSA) is 72.7 Å². The van der Waals surface area contributed by atoms with Gasteiger partial charge in [0.05, 0.1) is 6.04 Å². The van der Waals surface area contributed by atoms with E-state index in [1.54, 1.807) is 18.6 Å². The maximum absolute atomic E-state index is 12.9. The number of hydrogen-bond donors (Lipinski definition) is 1. The van der Waals surface area contributed by atoms with Gasteiger partial charge in [-0.15, -0.1) is 0 Å². The maximum atomic E-state index is 12.9. The van der Waals surface area contributed by atoms with Gasteiger partial charge in [-0.25, -0.2) is 9.97 Å². The number of rotatable bonds is 6. The number of pyridine rings is 2. The molecule has 0 fully saturated rings. The van der Waals surface area contributed by atoms with Crippen LogP contribution < -0.4 is 5.32 Å². The summed E-state index contributed by atoms with van der Waals surface area (Å²) < 4.78 is 2.13. The first-order valence-corrected chi connectivity index (χ1v) is 10.2. The van der Waals surface area contributed by atoms with E-state index in [1.807, 2.05) is 55.5 Å². The Morgan fingerprint density at radius 2 is 1.90 bits per heavy atom. The molecule has 6 heteroatoms. The minimum absolute atomic E-state index is 0.127. The molecule has 0 radical (unpaired) electrons. The van der Waals surface area contributed by atoms with Crippen molar-refractivity contribution in [3.63, 3.8) is 0 Å². The quantitative estimate of drug-likeness (QED) is 0.513. The number of carbonyl (C=O) groups excluding carboxylic acids is 1. The van der Waals surface area contributed by atoms with Gasteiger partial charge in [-0.1, -0.05) is 32.0 Å². The fourth-order valence-corrected chi connectivity index (χ4v) is 3.51. The predicted molar refractivity (Wildman–Crippen MR) is 118 cm³/mol. The molecule has 1 amide bonds. The highest BCUT2D eigenvalue weighted by molar-refractivity contribution is 5.95. The molecule has 1 atom stereocenters. The molecule has 30 heavy (non-hydrogen) atoms. The maximum Gasteiger partial charge on any atom is 0.251 e. The number of nitrogens with zero attached hydrogens (tertiary/aromatic N) is 4. The zero-order valence-corrected chi connectivity index (χ0v) is 17.4. The van der Waals surface area contributed by atoms with Crippen LogP contribution in [0.3, 0.4) is 0 Å². The molecule has 0 bridgehead atoms. The molecule has 0 spiro atoms. The fourth-order valence-electron chi connectivity index (χ4n) is 3.51. The van der Waals surface area contributed by atoms with Gasteiger partial charge in [0.15, 0.2) is 5.65 Å². The monoisotopic (exact) mass is 399 g/mol. The molecule has 1 N–H and O–H groups in total. The smallest absolute Gasteiger partial charge is 0.251 e. The Bertz CT molecular complexity index is 1170. The van der Waals surface area contributed by atoms with Crippen molar-refractivity contribution in [1.82, 2.24) is 24.8 Å². The first kappa shape index (κ1) is 19.8. The van der Waals surface area contributed by atoms with Crippen molar-refractivity contribution in [1.29, 1.82) is 0 Å². The van der Waals surface area contributed by atoms with Gasteiger partial charge >= 0.3 is 0 Å². The molecule has 0 aliphatic rings. The Labute approximate surface area is 176 Å². The van der Waals surface area contributed by atoms with Crippen molar-refractivity contribution in [2.75, 3.05) is 0 Å². The van der Waals surface area contributed by atoms with Gasteiger partial charge in [0.1, 0.15) is 11.3 Å². The highest BCUT2D eigenvalue weighted by Gasteiger charge is 2.17. The second-order valence-electron chi connectivity index (χ2n) is 7.85. The van der Waals surface area contributed by atoms with Crippen molar-refractivity contribution in [3.05, 3.63) is 78.2 Å². The van der Waals surface area contributed by atoms with Gasteiger partial charge in [0.25, 0.3) is 5.91 Å². The summed E-state index contributed by atoms with van der Waals surface area (Å²) in [5, 5.41) is 3.05. The highest BCUT2D eigenvalue weighted by Crippen LogP contribution is 2.25. The molecular formula is C24H25N5O. The van der Waals surface area contributed by atoms with Crippen LogP contribution in [0.1, 0.15) is 42.7 Å². The zero-order chi connectivity index (χ0) is 21.1. The molecular weight excluding hydrogens is 374 g/mol. The minimum Gasteiger partial charge on any atom is -0.345 e. The van der Waals surface area contributed by atoms with Gasteiger partial charge in [-0.05, 0) is 48.7 Å². The van der Waals surface area contributed by atoms with Crippen LogP contribution in [-0.4, -0.2) is 25.4 Å². The van der Waals surface area contributed by atoms with Crippen molar-refractivity contribution >= 4 is 17.1 Å². The number of imidazole rings is 1. The number of nitrogens with one attached hydrogen (secondary N) is 1. The Kier molecular flexibility index (Phi) is 5.57. The Hall–Kier alpha value is -3.54. The number of carbonyl (C=O) groups is 1. The van der Waals surface area contributed by atoms with Crippen LogP contribution in [0.4, 0.5) is 0 Å². The van der Waals surface area contributed by atoms with Crippen molar-refractivity contribution in [2.45, 2.75) is 33.4 Å². The molecule has 0 saturated carbocycles. The first-order valence-electron chi connectivity index (χ1n) is 10.2. The third-order valence-corrected chi connectivity index (χ3v) is 4.97. The summed E-state index contributed by atoms with van der Waals surface area (Å²) in [6.45, 7) is 7.09. The molecule has 6 nitrogen and oxygen atoms in total. The summed E-state index contributed by atoms with van der Waals surface area (Å²) in [6.07, 6.45) is 5.27. The molecule has 0 saturated heterocycles. The van der Waals surface area contributed by atoms with Gasteiger partial charge in [-0.3, -0.25) is 9.78 Å². The molecule has 4 aromatic rings. The van der Waals surface area contributed by atoms with Crippen molar-refractivity contribution in [3.8, 4) is 11.4 Å². The van der Waals surface area contributed by atoms with E-state index < -0.39 is 0 Å². The van der Waals surface area contributed by atoms with Crippen LogP contribution in [0, 0.1) is 5.92 Å². The number of fused-ring (bicyclic) bond motifs is 1. The average Bonchev–Trinajstić information content (AvgIpc) is 3.12. The summed E-state index contributed by atoms with van der Waals surface area (Å²) >= 11 is 0. The van der Waals surface area contributed by atoms with Crippen LogP contribution in [0.25, 0.3) is 22.6 Å². The molecule has 3 aromatic heterocycles. The third kappa shape index (κ3) is 4.08. The lowest BCUT2D eigenvalue weighted by Gasteiger charge is -2.15. The lowest BCUT2D eigenvalue weighted by molar-refractivity contribution is 0.0940. The second kappa shape index (κ2) is 8.45. The Morgan fingerprint density at radius 3 is 2.67 bits per heavy atom. The zero-order valence-electron chi connectivity index (χ0n) is 17.4. The lowest BCUT2D eigenvalue weighted by Crippen LogP contribution is -2.26. The normalized spacial score (nSPS) is 12.3. The fraction of sp³-hybridized carbons (Fsp3) is 0.250. The van der Waals surface area contributed by atoms with E-state index in [2.05, 4.69) is 33.7 Å². The van der Waals surface area contributed by atoms with E-state index in [9.17, 15) is 4.79 Å². The average molecular weight is 399 g/mol. The van der Waals surface area contributed by atoms with E-state index in [1.165, 1.54) is 0 Å². The summed E-state index contributed by atoms with van der Waals surface area (Å²) in [5.74, 6) is 1.14. The molecule has 3 heterocycles. The number of amides is 1. The highest BCUT2D eigenvalue weighted by atomic mass is 16.1. The predicted octanol–water partition coefficient (Wildman–Crippen LogP) is 4.64. The van der Waals surface area contributed by atoms with Gasteiger partial charge < -0.3 is 9.88 Å². The van der Waals surface area contributed by atoms with Crippen LogP contribution in [0.15, 0.2) is 67.1 Å². The number of benzene rings is 1. The van der Waals surface area contributed by atoms with Gasteiger partial charge in [0, 0.05) is 36.3 Å². The summed E-state index contributed by atoms with van der Waals surface area (Å²) in [5.41, 5.74) is 4.18. The molecule has 0 aliphatic heterocycles. The summed E-state index contributed by atoms with van der Waals surface area (Å²) in [4.78, 5) is 26.3. The lowest BCUT2D eigenvalue weighted by atomic mass is 10.1. The Morgan fingerprint density at radius 1 is 1.07 bits per heavy atom. The molecule has 0 unspecified atom stereocenters. The van der Waals surface area contributed by atoms with Crippen LogP contribution in [-0.2, 0) is 6.54 Å². The van der Waals surface area contributed by atoms with Crippen LogP contribution >= 0.6 is 0 Å². The standard InChI is InChI=1S/C24H25N5O/c1-16(2)15-29-22(28-21-10-6-12-26-23(21)29)18-7-4-8-19(13-18)24(30)27-17(3)20-9-5-11-25-14-20/h4-14,16-17H,15H2,1-3H3,(H,27,30)/t17-/m0/s1. The molecule has 1 aromatic carbocycles. The van der Waals surface area contributed by atoms with E-state index >= 15 is 0 Å². The molecule has 0 aliphatic carbocycles. The van der Waals surface area contributed by atoms with Gasteiger partial charge in [-0.2, -0.15) is 0 Å². The third-order valence-electron chi connectivity index (χ3n) is 4.97. The SMILES string of the molecule is CC(C)Cn1c(-c2cccc(C(=O)N[C@@H](C)c3cccnc3)c2)nc2cccnc21. The van der Waals surface area contributed by atoms with Crippen LogP contribution in [0.2, 0.25) is 0 Å². The van der Waals surface area contributed by atoms with E-state index in [0.717, 1.165) is 34.7 Å². The van der Waals surface area contributed by atoms with E-state index in [-0.39, 0.29) is 11.9 Å². The summed E-state index contributed by atoms with van der Waals surface area (Å²) in [7, 11) is 0. The van der Waals surface area contributed by atoms with Crippen molar-refractivity contribution in [2.24, 2.45) is 5.92 Å². The van der Waals surface area contributed by atoms with Crippen molar-refractivity contribution < 1.29 is 4.79 Å². The summed E-state index contributed by atoms with van der Waals surface area (Å²) in [6, 6.07) is 15.1. The van der Waals surface area contributed by atoms with Crippen LogP contribution in [0.5, 0.6) is 0 Å². The van der Waals surface area contributed by atoms with E-state index in [0.29, 0.717) is 11.5 Å². The first-order chi connectivity index (χ1) is 14.5. The number of aromatic nitrogens is 4. The second-order valence-corrected chi connectivity index (χ2v) is 7.85. The van der Waals surface area contributed by atoms with E-state index in [4.69, 9.17) is 4.98 Å². The number of hydrogen-bond acceptors (Lipinski definition) is 4. The van der Waals surface area contributed by atoms with Gasteiger partial charge in [0.2, 0.25) is 0 Å².